The van der Waals surface area contributed by atoms with Crippen LogP contribution in [-0.2, 0) is 0 Å². The molecule has 1 N–H and O–H groups in total. The number of carbonyl (C=O) groups is 1. The highest BCUT2D eigenvalue weighted by Gasteiger charge is 2.35. The first kappa shape index (κ1) is 22.2. The lowest BCUT2D eigenvalue weighted by Gasteiger charge is -2.17. The molecule has 2 amide bonds. The number of urea groups is 1. The number of benzene rings is 3. The van der Waals surface area contributed by atoms with Crippen molar-refractivity contribution in [3.63, 3.8) is 0 Å². The predicted octanol–water partition coefficient (Wildman–Crippen LogP) is 6.42. The largest absolute Gasteiger partial charge is 0.493 e. The van der Waals surface area contributed by atoms with E-state index in [9.17, 15) is 13.6 Å². The number of halogens is 4. The molecule has 4 rings (SSSR count). The molecule has 0 fully saturated rings. The highest BCUT2D eigenvalue weighted by molar-refractivity contribution is 9.10. The van der Waals surface area contributed by atoms with E-state index in [1.54, 1.807) is 24.3 Å². The van der Waals surface area contributed by atoms with Crippen LogP contribution in [0.25, 0.3) is 0 Å². The Morgan fingerprint density at radius 3 is 2.53 bits per heavy atom. The van der Waals surface area contributed by atoms with Crippen LogP contribution < -0.4 is 10.1 Å². The third-order valence-electron chi connectivity index (χ3n) is 5.04. The molecule has 0 aromatic heterocycles. The molecule has 32 heavy (non-hydrogen) atoms. The molecule has 0 bridgehead atoms. The molecule has 0 aliphatic carbocycles. The van der Waals surface area contributed by atoms with Crippen molar-refractivity contribution < 1.29 is 18.3 Å². The molecule has 0 saturated carbocycles. The van der Waals surface area contributed by atoms with Gasteiger partial charge in [-0.3, -0.25) is 0 Å². The number of amides is 2. The number of rotatable bonds is 4. The van der Waals surface area contributed by atoms with E-state index in [1.807, 2.05) is 30.3 Å². The van der Waals surface area contributed by atoms with Gasteiger partial charge in [0.15, 0.2) is 11.6 Å². The second-order valence-electron chi connectivity index (χ2n) is 7.03. The molecule has 5 nitrogen and oxygen atoms in total. The van der Waals surface area contributed by atoms with Crippen molar-refractivity contribution in [3.8, 4) is 5.75 Å². The first-order valence-corrected chi connectivity index (χ1v) is 10.8. The van der Waals surface area contributed by atoms with Crippen LogP contribution in [0.2, 0.25) is 5.02 Å². The van der Waals surface area contributed by atoms with Gasteiger partial charge in [-0.1, -0.05) is 41.9 Å². The third-order valence-corrected chi connectivity index (χ3v) is 6.02. The summed E-state index contributed by atoms with van der Waals surface area (Å²) in [7, 11) is 1.30. The van der Waals surface area contributed by atoms with Crippen LogP contribution in [0.3, 0.4) is 0 Å². The van der Waals surface area contributed by atoms with Gasteiger partial charge in [0.25, 0.3) is 0 Å². The molecule has 0 radical (unpaired) electrons. The minimum absolute atomic E-state index is 0.140. The third kappa shape index (κ3) is 4.33. The summed E-state index contributed by atoms with van der Waals surface area (Å²) in [5.41, 5.74) is 1.85. The minimum atomic E-state index is -0.874. The molecular weight excluding hydrogens is 504 g/mol. The van der Waals surface area contributed by atoms with Gasteiger partial charge in [0.2, 0.25) is 0 Å². The number of ether oxygens (including phenoxy) is 1. The highest BCUT2D eigenvalue weighted by Crippen LogP contribution is 2.37. The van der Waals surface area contributed by atoms with Crippen LogP contribution >= 0.6 is 27.5 Å². The maximum Gasteiger partial charge on any atom is 0.342 e. The van der Waals surface area contributed by atoms with Gasteiger partial charge in [-0.25, -0.2) is 18.6 Å². The normalized spacial score (nSPS) is 15.5. The SMILES string of the molecule is COc1c(C2=NN(C(=O)Nc3ccc(Cl)cc3)CC2c2ccccc2)cc(F)c(Br)c1F. The fourth-order valence-corrected chi connectivity index (χ4v) is 3.93. The number of carbonyl (C=O) groups excluding carboxylic acids is 1. The minimum Gasteiger partial charge on any atom is -0.493 e. The molecule has 1 aliphatic rings. The predicted molar refractivity (Wildman–Crippen MR) is 124 cm³/mol. The molecule has 1 aliphatic heterocycles. The van der Waals surface area contributed by atoms with E-state index < -0.39 is 23.6 Å². The Morgan fingerprint density at radius 2 is 1.88 bits per heavy atom. The van der Waals surface area contributed by atoms with E-state index in [4.69, 9.17) is 16.3 Å². The van der Waals surface area contributed by atoms with E-state index in [0.29, 0.717) is 16.4 Å². The highest BCUT2D eigenvalue weighted by atomic mass is 79.9. The van der Waals surface area contributed by atoms with Gasteiger partial charge in [-0.15, -0.1) is 0 Å². The van der Waals surface area contributed by atoms with Crippen molar-refractivity contribution in [1.82, 2.24) is 5.01 Å². The standard InChI is InChI=1S/C23H17BrClF2N3O2/c1-32-22-16(11-18(26)19(24)20(22)27)21-17(13-5-3-2-4-6-13)12-30(29-21)23(31)28-15-9-7-14(25)8-10-15/h2-11,17H,12H2,1H3,(H,28,31). The van der Waals surface area contributed by atoms with Crippen LogP contribution in [-0.4, -0.2) is 30.4 Å². The Balaban J connectivity index is 1.75. The van der Waals surface area contributed by atoms with Crippen molar-refractivity contribution >= 4 is 45.0 Å². The number of anilines is 1. The number of hydrogen-bond acceptors (Lipinski definition) is 3. The number of nitrogens with one attached hydrogen (secondary N) is 1. The molecule has 0 spiro atoms. The summed E-state index contributed by atoms with van der Waals surface area (Å²) in [4.78, 5) is 12.9. The van der Waals surface area contributed by atoms with E-state index in [0.717, 1.165) is 11.6 Å². The van der Waals surface area contributed by atoms with Crippen molar-refractivity contribution in [2.24, 2.45) is 5.10 Å². The molecule has 1 heterocycles. The summed E-state index contributed by atoms with van der Waals surface area (Å²) >= 11 is 8.79. The molecule has 3 aromatic carbocycles. The van der Waals surface area contributed by atoms with E-state index in [1.165, 1.54) is 12.1 Å². The summed E-state index contributed by atoms with van der Waals surface area (Å²) in [5.74, 6) is -2.24. The fourth-order valence-electron chi connectivity index (χ4n) is 3.51. The quantitative estimate of drug-likeness (QED) is 0.403. The lowest BCUT2D eigenvalue weighted by molar-refractivity contribution is 0.218. The maximum absolute atomic E-state index is 14.7. The summed E-state index contributed by atoms with van der Waals surface area (Å²) in [6.07, 6.45) is 0. The Morgan fingerprint density at radius 1 is 1.19 bits per heavy atom. The van der Waals surface area contributed by atoms with Crippen molar-refractivity contribution in [2.45, 2.75) is 5.92 Å². The van der Waals surface area contributed by atoms with Gasteiger partial charge in [0.05, 0.1) is 23.8 Å². The van der Waals surface area contributed by atoms with Crippen molar-refractivity contribution in [3.05, 3.63) is 92.9 Å². The van der Waals surface area contributed by atoms with E-state index in [2.05, 4.69) is 26.3 Å². The molecule has 164 valence electrons. The molecule has 3 aromatic rings. The smallest absolute Gasteiger partial charge is 0.342 e. The molecule has 9 heteroatoms. The number of nitrogens with zero attached hydrogens (tertiary/aromatic N) is 2. The molecule has 0 saturated heterocycles. The Hall–Kier alpha value is -2.97. The first-order valence-electron chi connectivity index (χ1n) is 9.58. The zero-order valence-corrected chi connectivity index (χ0v) is 19.1. The van der Waals surface area contributed by atoms with Gasteiger partial charge in [0.1, 0.15) is 5.82 Å². The first-order chi connectivity index (χ1) is 15.4. The maximum atomic E-state index is 14.7. The summed E-state index contributed by atoms with van der Waals surface area (Å²) < 4.78 is 34.0. The van der Waals surface area contributed by atoms with Gasteiger partial charge >= 0.3 is 6.03 Å². The van der Waals surface area contributed by atoms with Crippen molar-refractivity contribution in [1.29, 1.82) is 0 Å². The van der Waals surface area contributed by atoms with Gasteiger partial charge in [-0.2, -0.15) is 5.10 Å². The summed E-state index contributed by atoms with van der Waals surface area (Å²) in [6, 6.07) is 16.6. The van der Waals surface area contributed by atoms with Gasteiger partial charge < -0.3 is 10.1 Å². The zero-order valence-electron chi connectivity index (χ0n) is 16.8. The van der Waals surface area contributed by atoms with Crippen LogP contribution in [0, 0.1) is 11.6 Å². The summed E-state index contributed by atoms with van der Waals surface area (Å²) in [5, 5.41) is 8.96. The van der Waals surface area contributed by atoms with E-state index >= 15 is 0 Å². The lowest BCUT2D eigenvalue weighted by Crippen LogP contribution is -2.30. The van der Waals surface area contributed by atoms with Crippen molar-refractivity contribution in [2.75, 3.05) is 19.0 Å². The topological polar surface area (TPSA) is 53.9 Å². The van der Waals surface area contributed by atoms with Gasteiger partial charge in [0, 0.05) is 22.2 Å². The lowest BCUT2D eigenvalue weighted by atomic mass is 9.90. The average molecular weight is 521 g/mol. The Kier molecular flexibility index (Phi) is 6.43. The second-order valence-corrected chi connectivity index (χ2v) is 8.26. The average Bonchev–Trinajstić information content (AvgIpc) is 3.25. The molecule has 1 unspecified atom stereocenters. The van der Waals surface area contributed by atoms with Crippen LogP contribution in [0.5, 0.6) is 5.75 Å². The summed E-state index contributed by atoms with van der Waals surface area (Å²) in [6.45, 7) is 0.182. The molecular formula is C23H17BrClF2N3O2. The second kappa shape index (κ2) is 9.26. The van der Waals surface area contributed by atoms with Crippen LogP contribution in [0.15, 0.2) is 70.2 Å². The Labute approximate surface area is 196 Å². The number of hydrazone groups is 1. The Bertz CT molecular complexity index is 1190. The van der Waals surface area contributed by atoms with Crippen LogP contribution in [0.4, 0.5) is 19.3 Å². The number of methoxy groups -OCH3 is 1. The zero-order chi connectivity index (χ0) is 22.8. The van der Waals surface area contributed by atoms with E-state index in [-0.39, 0.29) is 22.3 Å². The number of hydrogen-bond donors (Lipinski definition) is 1. The monoisotopic (exact) mass is 519 g/mol. The van der Waals surface area contributed by atoms with Gasteiger partial charge in [-0.05, 0) is 51.8 Å². The molecule has 1 atom stereocenters. The fraction of sp³-hybridized carbons (Fsp3) is 0.130. The van der Waals surface area contributed by atoms with Crippen LogP contribution in [0.1, 0.15) is 17.0 Å².